The number of ketones is 1. The number of aliphatic carboxylic acids is 1. The summed E-state index contributed by atoms with van der Waals surface area (Å²) >= 11 is 0. The zero-order valence-electron chi connectivity index (χ0n) is 18.4. The van der Waals surface area contributed by atoms with Crippen LogP contribution in [-0.2, 0) is 9.59 Å². The van der Waals surface area contributed by atoms with E-state index < -0.39 is 5.97 Å². The maximum Gasteiger partial charge on any atom is 0.309 e. The van der Waals surface area contributed by atoms with Crippen LogP contribution >= 0.6 is 0 Å². The zero-order valence-corrected chi connectivity index (χ0v) is 18.4. The number of hydrogen-bond acceptors (Lipinski definition) is 2. The highest BCUT2D eigenvalue weighted by molar-refractivity contribution is 5.82. The van der Waals surface area contributed by atoms with Gasteiger partial charge in [-0.2, -0.15) is 0 Å². The van der Waals surface area contributed by atoms with Gasteiger partial charge in [0.25, 0.3) is 0 Å². The van der Waals surface area contributed by atoms with Crippen LogP contribution in [0, 0.1) is 10.8 Å². The molecule has 0 aromatic rings. The number of Topliss-reactive ketones (excluding diaryl/α,β-unsaturated/α-hetero) is 1. The number of carbonyl (C=O) groups is 2. The molecule has 0 unspecified atom stereocenters. The van der Waals surface area contributed by atoms with Gasteiger partial charge in [-0.05, 0) is 45.4 Å². The fourth-order valence-corrected chi connectivity index (χ4v) is 5.79. The minimum atomic E-state index is -0.549. The minimum absolute atomic E-state index is 0.0533. The van der Waals surface area contributed by atoms with Gasteiger partial charge in [-0.3, -0.25) is 9.59 Å². The quantitative estimate of drug-likeness (QED) is 0.294. The number of unbranched alkanes of at least 4 members (excludes halogenated alkanes) is 9. The van der Waals surface area contributed by atoms with Crippen LogP contribution < -0.4 is 0 Å². The molecule has 0 aromatic carbocycles. The Labute approximate surface area is 173 Å². The Morgan fingerprint density at radius 2 is 0.929 bits per heavy atom. The number of carboxylic acid groups (broad SMARTS) is 1. The van der Waals surface area contributed by atoms with Crippen molar-refractivity contribution in [2.45, 2.75) is 135 Å². The summed E-state index contributed by atoms with van der Waals surface area (Å²) in [6, 6.07) is 0. The van der Waals surface area contributed by atoms with Crippen LogP contribution in [0.4, 0.5) is 0 Å². The maximum absolute atomic E-state index is 12.0. The largest absolute Gasteiger partial charge is 0.481 e. The topological polar surface area (TPSA) is 54.4 Å². The molecular weight excluding hydrogens is 348 g/mol. The first-order valence-corrected chi connectivity index (χ1v) is 12.3. The summed E-state index contributed by atoms with van der Waals surface area (Å²) in [6.45, 7) is 1.81. The molecule has 0 atom stereocenters. The van der Waals surface area contributed by atoms with Crippen molar-refractivity contribution in [3.05, 3.63) is 0 Å². The molecule has 0 radical (unpaired) electrons. The molecule has 3 nitrogen and oxygen atoms in total. The van der Waals surface area contributed by atoms with Gasteiger partial charge >= 0.3 is 5.97 Å². The van der Waals surface area contributed by atoms with Gasteiger partial charge in [0.05, 0.1) is 5.41 Å². The van der Waals surface area contributed by atoms with Crippen LogP contribution in [0.3, 0.4) is 0 Å². The highest BCUT2D eigenvalue weighted by Crippen LogP contribution is 2.43. The third-order valence-corrected chi connectivity index (χ3v) is 7.88. The van der Waals surface area contributed by atoms with E-state index >= 15 is 0 Å². The molecule has 2 rings (SSSR count). The Kier molecular flexibility index (Phi) is 10.0. The van der Waals surface area contributed by atoms with Crippen molar-refractivity contribution in [3.63, 3.8) is 0 Å². The summed E-state index contributed by atoms with van der Waals surface area (Å²) in [4.78, 5) is 23.5. The van der Waals surface area contributed by atoms with Crippen LogP contribution in [0.2, 0.25) is 0 Å². The molecule has 0 bridgehead atoms. The molecule has 2 fully saturated rings. The first kappa shape index (κ1) is 23.4. The van der Waals surface area contributed by atoms with E-state index in [0.29, 0.717) is 5.78 Å². The van der Waals surface area contributed by atoms with Crippen molar-refractivity contribution in [3.8, 4) is 0 Å². The Balaban J connectivity index is 1.40. The molecule has 2 aliphatic rings. The lowest BCUT2D eigenvalue weighted by atomic mass is 9.77. The summed E-state index contributed by atoms with van der Waals surface area (Å²) in [6.07, 6.45) is 23.4. The molecular formula is C25H44O3. The van der Waals surface area contributed by atoms with Gasteiger partial charge in [0.1, 0.15) is 5.78 Å². The molecule has 3 heteroatoms. The third kappa shape index (κ3) is 6.88. The lowest BCUT2D eigenvalue weighted by Crippen LogP contribution is -2.27. The third-order valence-electron chi connectivity index (χ3n) is 7.88. The van der Waals surface area contributed by atoms with Gasteiger partial charge in [-0.15, -0.1) is 0 Å². The maximum atomic E-state index is 12.0. The number of carbonyl (C=O) groups excluding carboxylic acids is 1. The van der Waals surface area contributed by atoms with Gasteiger partial charge in [0, 0.05) is 5.41 Å². The fraction of sp³-hybridized carbons (Fsp3) is 0.920. The van der Waals surface area contributed by atoms with E-state index in [-0.39, 0.29) is 10.8 Å². The van der Waals surface area contributed by atoms with Crippen LogP contribution in [0.15, 0.2) is 0 Å². The van der Waals surface area contributed by atoms with Crippen LogP contribution in [0.1, 0.15) is 135 Å². The molecule has 0 saturated heterocycles. The molecule has 0 aromatic heterocycles. The van der Waals surface area contributed by atoms with E-state index in [2.05, 4.69) is 0 Å². The zero-order chi connectivity index (χ0) is 20.3. The number of rotatable bonds is 15. The van der Waals surface area contributed by atoms with Crippen LogP contribution in [0.5, 0.6) is 0 Å². The van der Waals surface area contributed by atoms with E-state index in [0.717, 1.165) is 57.8 Å². The molecule has 0 spiro atoms. The standard InChI is InChI=1S/C25H44O3/c1-22(26)24(17-12-13-18-24)16-10-8-6-4-2-3-5-7-9-11-19-25(23(27)28)20-14-15-21-25/h2-21H2,1H3,(H,27,28). The second-order valence-electron chi connectivity index (χ2n) is 9.87. The average molecular weight is 393 g/mol. The van der Waals surface area contributed by atoms with E-state index in [4.69, 9.17) is 0 Å². The normalized spacial score (nSPS) is 20.5. The SMILES string of the molecule is CC(=O)C1(CCCCCCCCCCCCC2(C(=O)O)CCCC2)CCCC1. The molecule has 28 heavy (non-hydrogen) atoms. The smallest absolute Gasteiger partial charge is 0.309 e. The first-order valence-electron chi connectivity index (χ1n) is 12.3. The summed E-state index contributed by atoms with van der Waals surface area (Å²) < 4.78 is 0. The van der Waals surface area contributed by atoms with E-state index in [9.17, 15) is 14.7 Å². The second-order valence-corrected chi connectivity index (χ2v) is 9.87. The Morgan fingerprint density at radius 1 is 0.607 bits per heavy atom. The van der Waals surface area contributed by atoms with E-state index in [1.807, 2.05) is 0 Å². The van der Waals surface area contributed by atoms with Crippen molar-refractivity contribution in [1.82, 2.24) is 0 Å². The van der Waals surface area contributed by atoms with Gasteiger partial charge in [-0.1, -0.05) is 89.9 Å². The van der Waals surface area contributed by atoms with Crippen molar-refractivity contribution in [1.29, 1.82) is 0 Å². The molecule has 162 valence electrons. The molecule has 2 saturated carbocycles. The lowest BCUT2D eigenvalue weighted by molar-refractivity contribution is -0.149. The highest BCUT2D eigenvalue weighted by atomic mass is 16.4. The Hall–Kier alpha value is -0.860. The van der Waals surface area contributed by atoms with Gasteiger partial charge in [0.2, 0.25) is 0 Å². The van der Waals surface area contributed by atoms with Crippen molar-refractivity contribution in [2.75, 3.05) is 0 Å². The first-order chi connectivity index (χ1) is 13.5. The minimum Gasteiger partial charge on any atom is -0.481 e. The molecule has 0 aliphatic heterocycles. The summed E-state index contributed by atoms with van der Waals surface area (Å²) in [5.74, 6) is -0.112. The lowest BCUT2D eigenvalue weighted by Gasteiger charge is -2.25. The summed E-state index contributed by atoms with van der Waals surface area (Å²) in [5.41, 5.74) is -0.322. The molecule has 1 N–H and O–H groups in total. The predicted molar refractivity (Wildman–Crippen MR) is 116 cm³/mol. The van der Waals surface area contributed by atoms with Crippen molar-refractivity contribution in [2.24, 2.45) is 10.8 Å². The van der Waals surface area contributed by atoms with Crippen LogP contribution in [0.25, 0.3) is 0 Å². The number of carboxylic acids is 1. The summed E-state index contributed by atoms with van der Waals surface area (Å²) in [7, 11) is 0. The molecule has 2 aliphatic carbocycles. The monoisotopic (exact) mass is 392 g/mol. The van der Waals surface area contributed by atoms with Crippen LogP contribution in [-0.4, -0.2) is 16.9 Å². The van der Waals surface area contributed by atoms with Gasteiger partial charge in [0.15, 0.2) is 0 Å². The van der Waals surface area contributed by atoms with Gasteiger partial charge in [-0.25, -0.2) is 0 Å². The molecule has 0 amide bonds. The Bertz CT molecular complexity index is 426. The Morgan fingerprint density at radius 3 is 1.29 bits per heavy atom. The fourth-order valence-electron chi connectivity index (χ4n) is 5.79. The van der Waals surface area contributed by atoms with E-state index in [1.165, 1.54) is 70.6 Å². The van der Waals surface area contributed by atoms with Crippen molar-refractivity contribution < 1.29 is 14.7 Å². The van der Waals surface area contributed by atoms with Crippen molar-refractivity contribution >= 4 is 11.8 Å². The second kappa shape index (κ2) is 12.0. The number of hydrogen-bond donors (Lipinski definition) is 1. The average Bonchev–Trinajstić information content (AvgIpc) is 3.33. The predicted octanol–water partition coefficient (Wildman–Crippen LogP) is 7.46. The van der Waals surface area contributed by atoms with E-state index in [1.54, 1.807) is 6.92 Å². The molecule has 0 heterocycles. The summed E-state index contributed by atoms with van der Waals surface area (Å²) in [5, 5.41) is 9.51. The highest BCUT2D eigenvalue weighted by Gasteiger charge is 2.40. The van der Waals surface area contributed by atoms with Gasteiger partial charge < -0.3 is 5.11 Å².